The van der Waals surface area contributed by atoms with Crippen molar-refractivity contribution in [3.8, 4) is 17.7 Å². The molecule has 0 saturated carbocycles. The zero-order chi connectivity index (χ0) is 33.4. The van der Waals surface area contributed by atoms with E-state index in [0.29, 0.717) is 18.7 Å². The van der Waals surface area contributed by atoms with Crippen LogP contribution in [0.2, 0.25) is 0 Å². The standard InChI is InChI=1S/C34H44N2O9/c1-8-42-31(40)27-19-24(21-36(27)32(41)45-34(5,6)7)44-29-25-18-22(13-14-23(25)15-16-35-29)12-10-9-11-17-43-28(37)20-26(30(38)39)33(2,3)4/h13-16,18,24,26-27H,8-9,11,17,19-21H2,1-7H3,(H,38,39)/t24-,26-,27-/m1/s1. The summed E-state index contributed by atoms with van der Waals surface area (Å²) in [5.74, 6) is 3.66. The maximum Gasteiger partial charge on any atom is 0.411 e. The minimum Gasteiger partial charge on any atom is -0.481 e. The SMILES string of the molecule is CCOC(=O)[C@H]1C[C@@H](Oc2nccc3ccc(C#CCCCOC(=O)C[C@H](C(=O)O)C(C)(C)C)cc23)CN1C(=O)OC(C)(C)C. The second-order valence-corrected chi connectivity index (χ2v) is 13.0. The van der Waals surface area contributed by atoms with Crippen LogP contribution >= 0.6 is 0 Å². The molecule has 3 atom stereocenters. The quantitative estimate of drug-likeness (QED) is 0.159. The number of ether oxygens (including phenoxy) is 4. The molecular formula is C34H44N2O9. The summed E-state index contributed by atoms with van der Waals surface area (Å²) >= 11 is 0. The number of nitrogens with zero attached hydrogens (tertiary/aromatic N) is 2. The van der Waals surface area contributed by atoms with E-state index >= 15 is 0 Å². The molecule has 0 unspecified atom stereocenters. The zero-order valence-electron chi connectivity index (χ0n) is 27.2. The second-order valence-electron chi connectivity index (χ2n) is 13.0. The van der Waals surface area contributed by atoms with E-state index in [1.807, 2.05) is 24.3 Å². The molecule has 1 aliphatic heterocycles. The molecular weight excluding hydrogens is 580 g/mol. The fourth-order valence-corrected chi connectivity index (χ4v) is 4.84. The van der Waals surface area contributed by atoms with Gasteiger partial charge >= 0.3 is 24.0 Å². The number of likely N-dealkylation sites (tertiary alicyclic amines) is 1. The largest absolute Gasteiger partial charge is 0.481 e. The highest BCUT2D eigenvalue weighted by molar-refractivity contribution is 5.88. The van der Waals surface area contributed by atoms with Gasteiger partial charge in [0.25, 0.3) is 0 Å². The average Bonchev–Trinajstić information content (AvgIpc) is 3.36. The van der Waals surface area contributed by atoms with Gasteiger partial charge in [-0.15, -0.1) is 0 Å². The summed E-state index contributed by atoms with van der Waals surface area (Å²) < 4.78 is 22.2. The number of aliphatic carboxylic acids is 1. The summed E-state index contributed by atoms with van der Waals surface area (Å²) in [6, 6.07) is 6.68. The molecule has 1 aromatic heterocycles. The van der Waals surface area contributed by atoms with E-state index in [4.69, 9.17) is 18.9 Å². The fraction of sp³-hybridized carbons (Fsp3) is 0.559. The van der Waals surface area contributed by atoms with Gasteiger partial charge in [0.2, 0.25) is 5.88 Å². The molecule has 0 aliphatic carbocycles. The normalized spacial score (nSPS) is 17.2. The molecule has 0 bridgehead atoms. The Morgan fingerprint density at radius 3 is 2.47 bits per heavy atom. The molecule has 0 spiro atoms. The molecule has 11 heteroatoms. The first kappa shape index (κ1) is 35.2. The van der Waals surface area contributed by atoms with Gasteiger partial charge in [0, 0.05) is 30.0 Å². The molecule has 0 radical (unpaired) electrons. The molecule has 2 aromatic rings. The number of carbonyl (C=O) groups excluding carboxylic acids is 3. The molecule has 1 N–H and O–H groups in total. The van der Waals surface area contributed by atoms with Crippen LogP contribution in [0.4, 0.5) is 4.79 Å². The smallest absolute Gasteiger partial charge is 0.411 e. The van der Waals surface area contributed by atoms with Crippen LogP contribution in [0.5, 0.6) is 5.88 Å². The van der Waals surface area contributed by atoms with Crippen LogP contribution in [-0.2, 0) is 28.6 Å². The number of unbranched alkanes of at least 4 members (excludes halogenated alkanes) is 1. The summed E-state index contributed by atoms with van der Waals surface area (Å²) in [5, 5.41) is 11.0. The lowest BCUT2D eigenvalue weighted by molar-refractivity contribution is -0.155. The lowest BCUT2D eigenvalue weighted by atomic mass is 9.79. The summed E-state index contributed by atoms with van der Waals surface area (Å²) in [6.07, 6.45) is 1.54. The molecule has 244 valence electrons. The number of aromatic nitrogens is 1. The highest BCUT2D eigenvalue weighted by Gasteiger charge is 2.43. The summed E-state index contributed by atoms with van der Waals surface area (Å²) in [5.41, 5.74) is -0.552. The first-order valence-electron chi connectivity index (χ1n) is 15.2. The molecule has 1 amide bonds. The monoisotopic (exact) mass is 624 g/mol. The van der Waals surface area contributed by atoms with Crippen LogP contribution in [0, 0.1) is 23.2 Å². The number of pyridine rings is 1. The van der Waals surface area contributed by atoms with E-state index in [1.165, 1.54) is 4.90 Å². The predicted molar refractivity (Wildman–Crippen MR) is 166 cm³/mol. The Hall–Kier alpha value is -4.33. The number of benzene rings is 1. The maximum atomic E-state index is 12.9. The number of esters is 2. The lowest BCUT2D eigenvalue weighted by Crippen LogP contribution is -2.44. The minimum absolute atomic E-state index is 0.133. The van der Waals surface area contributed by atoms with Crippen molar-refractivity contribution >= 4 is 34.8 Å². The Labute approximate surface area is 264 Å². The van der Waals surface area contributed by atoms with Crippen LogP contribution in [0.1, 0.15) is 79.7 Å². The average molecular weight is 625 g/mol. The van der Waals surface area contributed by atoms with Gasteiger partial charge in [-0.2, -0.15) is 0 Å². The van der Waals surface area contributed by atoms with E-state index in [1.54, 1.807) is 54.7 Å². The van der Waals surface area contributed by atoms with Crippen LogP contribution in [-0.4, -0.2) is 76.5 Å². The van der Waals surface area contributed by atoms with Crippen molar-refractivity contribution in [2.24, 2.45) is 11.3 Å². The van der Waals surface area contributed by atoms with Gasteiger partial charge in [0.15, 0.2) is 0 Å². The first-order valence-corrected chi connectivity index (χ1v) is 15.2. The highest BCUT2D eigenvalue weighted by Crippen LogP contribution is 2.31. The zero-order valence-corrected chi connectivity index (χ0v) is 27.2. The molecule has 1 aliphatic rings. The van der Waals surface area contributed by atoms with Crippen LogP contribution in [0.25, 0.3) is 10.8 Å². The topological polar surface area (TPSA) is 142 Å². The first-order chi connectivity index (χ1) is 21.1. The number of carboxylic acid groups (broad SMARTS) is 1. The fourth-order valence-electron chi connectivity index (χ4n) is 4.84. The van der Waals surface area contributed by atoms with E-state index in [0.717, 1.165) is 16.3 Å². The van der Waals surface area contributed by atoms with Gasteiger partial charge in [-0.05, 0) is 63.1 Å². The minimum atomic E-state index is -1.02. The van der Waals surface area contributed by atoms with Gasteiger partial charge < -0.3 is 24.1 Å². The molecule has 3 rings (SSSR count). The Morgan fingerprint density at radius 2 is 1.82 bits per heavy atom. The van der Waals surface area contributed by atoms with Crippen LogP contribution in [0.15, 0.2) is 30.5 Å². The number of hydrogen-bond donors (Lipinski definition) is 1. The number of rotatable bonds is 10. The predicted octanol–water partition coefficient (Wildman–Crippen LogP) is 5.37. The van der Waals surface area contributed by atoms with Crippen molar-refractivity contribution in [1.82, 2.24) is 9.88 Å². The molecule has 11 nitrogen and oxygen atoms in total. The number of carboxylic acids is 1. The Morgan fingerprint density at radius 1 is 1.09 bits per heavy atom. The van der Waals surface area contributed by atoms with Gasteiger partial charge in [-0.1, -0.05) is 38.7 Å². The molecule has 1 saturated heterocycles. The molecule has 1 fully saturated rings. The molecule has 1 aromatic carbocycles. The third-order valence-electron chi connectivity index (χ3n) is 7.11. The van der Waals surface area contributed by atoms with Crippen molar-refractivity contribution in [3.05, 3.63) is 36.0 Å². The van der Waals surface area contributed by atoms with E-state index in [-0.39, 0.29) is 32.6 Å². The van der Waals surface area contributed by atoms with Gasteiger partial charge in [0.1, 0.15) is 17.7 Å². The second kappa shape index (κ2) is 15.1. The summed E-state index contributed by atoms with van der Waals surface area (Å²) in [6.45, 7) is 12.8. The van der Waals surface area contributed by atoms with Crippen molar-refractivity contribution < 1.29 is 43.2 Å². The lowest BCUT2D eigenvalue weighted by Gasteiger charge is -2.27. The third kappa shape index (κ3) is 10.4. The van der Waals surface area contributed by atoms with Crippen LogP contribution < -0.4 is 4.74 Å². The van der Waals surface area contributed by atoms with Crippen molar-refractivity contribution in [1.29, 1.82) is 0 Å². The van der Waals surface area contributed by atoms with Crippen molar-refractivity contribution in [3.63, 3.8) is 0 Å². The van der Waals surface area contributed by atoms with Crippen molar-refractivity contribution in [2.75, 3.05) is 19.8 Å². The maximum absolute atomic E-state index is 12.9. The van der Waals surface area contributed by atoms with Gasteiger partial charge in [-0.3, -0.25) is 14.5 Å². The van der Waals surface area contributed by atoms with E-state index in [9.17, 15) is 24.3 Å². The molecule has 45 heavy (non-hydrogen) atoms. The van der Waals surface area contributed by atoms with Crippen molar-refractivity contribution in [2.45, 2.75) is 91.9 Å². The number of amides is 1. The summed E-state index contributed by atoms with van der Waals surface area (Å²) in [7, 11) is 0. The van der Waals surface area contributed by atoms with Gasteiger partial charge in [-0.25, -0.2) is 14.6 Å². The number of hydrogen-bond acceptors (Lipinski definition) is 9. The molecule has 2 heterocycles. The number of carbonyl (C=O) groups is 4. The Kier molecular flexibility index (Phi) is 11.8. The highest BCUT2D eigenvalue weighted by atomic mass is 16.6. The number of fused-ring (bicyclic) bond motifs is 1. The van der Waals surface area contributed by atoms with Crippen LogP contribution in [0.3, 0.4) is 0 Å². The third-order valence-corrected chi connectivity index (χ3v) is 7.11. The van der Waals surface area contributed by atoms with E-state index < -0.39 is 53.1 Å². The van der Waals surface area contributed by atoms with Gasteiger partial charge in [0.05, 0.1) is 32.1 Å². The summed E-state index contributed by atoms with van der Waals surface area (Å²) in [4.78, 5) is 55.0. The Bertz CT molecular complexity index is 1450. The Balaban J connectivity index is 1.64. The van der Waals surface area contributed by atoms with E-state index in [2.05, 4.69) is 16.8 Å².